The number of anilines is 2. The minimum Gasteiger partial charge on any atom is -0.398 e. The highest BCUT2D eigenvalue weighted by molar-refractivity contribution is 5.96. The summed E-state index contributed by atoms with van der Waals surface area (Å²) < 4.78 is 0. The molecular weight excluding hydrogens is 174 g/mol. The normalized spacial score (nSPS) is 14.0. The molecule has 0 saturated carbocycles. The number of benzene rings is 1. The molecule has 0 atom stereocenters. The first-order valence-corrected chi connectivity index (χ1v) is 4.76. The summed E-state index contributed by atoms with van der Waals surface area (Å²) in [6.07, 6.45) is 2.80. The highest BCUT2D eigenvalue weighted by Crippen LogP contribution is 2.32. The Morgan fingerprint density at radius 3 is 3.14 bits per heavy atom. The van der Waals surface area contributed by atoms with Gasteiger partial charge in [0.15, 0.2) is 0 Å². The van der Waals surface area contributed by atoms with Crippen molar-refractivity contribution >= 4 is 22.3 Å². The molecule has 3 heteroatoms. The number of nitrogens with zero attached hydrogens (tertiary/aromatic N) is 1. The van der Waals surface area contributed by atoms with Gasteiger partial charge in [-0.05, 0) is 30.2 Å². The Hall–Kier alpha value is -1.77. The molecule has 0 unspecified atom stereocenters. The van der Waals surface area contributed by atoms with Gasteiger partial charge >= 0.3 is 0 Å². The van der Waals surface area contributed by atoms with E-state index in [9.17, 15) is 0 Å². The van der Waals surface area contributed by atoms with E-state index < -0.39 is 0 Å². The number of nitrogens with two attached hydrogens (primary N) is 1. The van der Waals surface area contributed by atoms with E-state index in [1.807, 2.05) is 12.1 Å². The lowest BCUT2D eigenvalue weighted by Gasteiger charge is -2.06. The highest BCUT2D eigenvalue weighted by atomic mass is 14.9. The Kier molecular flexibility index (Phi) is 1.42. The van der Waals surface area contributed by atoms with Crippen molar-refractivity contribution in [3.8, 4) is 0 Å². The lowest BCUT2D eigenvalue weighted by Crippen LogP contribution is -1.92. The van der Waals surface area contributed by atoms with Gasteiger partial charge in [0.1, 0.15) is 0 Å². The quantitative estimate of drug-likeness (QED) is 0.657. The Morgan fingerprint density at radius 2 is 2.21 bits per heavy atom. The average Bonchev–Trinajstić information content (AvgIpc) is 2.65. The summed E-state index contributed by atoms with van der Waals surface area (Å²) in [4.78, 5) is 4.31. The minimum atomic E-state index is 0.829. The molecule has 70 valence electrons. The third kappa shape index (κ3) is 0.894. The fraction of sp³-hybridized carbons (Fsp3) is 0.182. The minimum absolute atomic E-state index is 0.829. The molecule has 0 radical (unpaired) electrons. The average molecular weight is 185 g/mol. The molecule has 3 rings (SSSR count). The predicted molar refractivity (Wildman–Crippen MR) is 58.3 cm³/mol. The van der Waals surface area contributed by atoms with Gasteiger partial charge in [0.05, 0.1) is 5.52 Å². The van der Waals surface area contributed by atoms with Crippen LogP contribution >= 0.6 is 0 Å². The molecule has 1 aliphatic heterocycles. The number of pyridine rings is 1. The summed E-state index contributed by atoms with van der Waals surface area (Å²) in [7, 11) is 0. The Morgan fingerprint density at radius 1 is 1.29 bits per heavy atom. The van der Waals surface area contributed by atoms with E-state index in [-0.39, 0.29) is 0 Å². The molecule has 0 spiro atoms. The van der Waals surface area contributed by atoms with Crippen molar-refractivity contribution in [1.82, 2.24) is 4.98 Å². The van der Waals surface area contributed by atoms with Gasteiger partial charge < -0.3 is 11.1 Å². The fourth-order valence-corrected chi connectivity index (χ4v) is 2.09. The van der Waals surface area contributed by atoms with Crippen LogP contribution in [0.1, 0.15) is 5.56 Å². The van der Waals surface area contributed by atoms with Gasteiger partial charge in [-0.3, -0.25) is 4.98 Å². The second-order valence-corrected chi connectivity index (χ2v) is 3.56. The molecular formula is C11H11N3. The molecule has 0 aliphatic carbocycles. The fourth-order valence-electron chi connectivity index (χ4n) is 2.09. The van der Waals surface area contributed by atoms with Crippen molar-refractivity contribution in [2.45, 2.75) is 6.42 Å². The lowest BCUT2D eigenvalue weighted by atomic mass is 10.0. The molecule has 14 heavy (non-hydrogen) atoms. The molecule has 1 aromatic heterocycles. The van der Waals surface area contributed by atoms with E-state index in [0.29, 0.717) is 0 Å². The molecule has 1 aliphatic rings. The summed E-state index contributed by atoms with van der Waals surface area (Å²) in [6, 6.07) is 5.96. The zero-order valence-electron chi connectivity index (χ0n) is 7.75. The van der Waals surface area contributed by atoms with Crippen molar-refractivity contribution in [3.63, 3.8) is 0 Å². The first kappa shape index (κ1) is 7.62. The largest absolute Gasteiger partial charge is 0.398 e. The molecule has 3 nitrogen and oxygen atoms in total. The van der Waals surface area contributed by atoms with Crippen LogP contribution in [-0.4, -0.2) is 11.5 Å². The number of nitrogens with one attached hydrogen (secondary N) is 1. The molecule has 0 amide bonds. The second-order valence-electron chi connectivity index (χ2n) is 3.56. The van der Waals surface area contributed by atoms with Gasteiger partial charge in [0.2, 0.25) is 0 Å². The maximum atomic E-state index is 5.96. The Bertz CT molecular complexity index is 505. The van der Waals surface area contributed by atoms with E-state index in [1.165, 1.54) is 11.3 Å². The molecule has 3 N–H and O–H groups in total. The number of aromatic nitrogens is 1. The van der Waals surface area contributed by atoms with Gasteiger partial charge in [-0.2, -0.15) is 0 Å². The van der Waals surface area contributed by atoms with E-state index in [4.69, 9.17) is 5.73 Å². The summed E-state index contributed by atoms with van der Waals surface area (Å²) in [5, 5.41) is 4.46. The molecule has 1 aromatic carbocycles. The van der Waals surface area contributed by atoms with Crippen LogP contribution in [0.3, 0.4) is 0 Å². The maximum absolute atomic E-state index is 5.96. The third-order valence-electron chi connectivity index (χ3n) is 2.74. The number of hydrogen-bond donors (Lipinski definition) is 2. The smallest absolute Gasteiger partial charge is 0.0726 e. The van der Waals surface area contributed by atoms with Gasteiger partial charge in [0, 0.05) is 29.5 Å². The van der Waals surface area contributed by atoms with Crippen LogP contribution in [0.2, 0.25) is 0 Å². The van der Waals surface area contributed by atoms with Crippen molar-refractivity contribution in [2.24, 2.45) is 0 Å². The predicted octanol–water partition coefficient (Wildman–Crippen LogP) is 1.78. The summed E-state index contributed by atoms with van der Waals surface area (Å²) >= 11 is 0. The molecule has 0 bridgehead atoms. The van der Waals surface area contributed by atoms with E-state index in [1.54, 1.807) is 6.20 Å². The Balaban J connectivity index is 2.47. The van der Waals surface area contributed by atoms with Crippen molar-refractivity contribution in [3.05, 3.63) is 30.0 Å². The monoisotopic (exact) mass is 185 g/mol. The van der Waals surface area contributed by atoms with Gasteiger partial charge in [-0.25, -0.2) is 0 Å². The first-order chi connectivity index (χ1) is 6.86. The molecule has 0 fully saturated rings. The van der Waals surface area contributed by atoms with Crippen LogP contribution in [0.15, 0.2) is 24.4 Å². The van der Waals surface area contributed by atoms with Crippen LogP contribution in [0.4, 0.5) is 11.4 Å². The molecule has 2 heterocycles. The van der Waals surface area contributed by atoms with Gasteiger partial charge in [0.25, 0.3) is 0 Å². The van der Waals surface area contributed by atoms with Crippen LogP contribution in [0.25, 0.3) is 10.9 Å². The standard InChI is InChI=1S/C11H11N3/c12-8-4-6-14-10-2-1-9-7(11(8)10)3-5-13-9/h1-2,4,6,13H,3,5H2,(H2,12,14). The number of rotatable bonds is 0. The topological polar surface area (TPSA) is 50.9 Å². The van der Waals surface area contributed by atoms with Gasteiger partial charge in [-0.1, -0.05) is 0 Å². The van der Waals surface area contributed by atoms with Crippen molar-refractivity contribution < 1.29 is 0 Å². The van der Waals surface area contributed by atoms with Crippen LogP contribution < -0.4 is 11.1 Å². The zero-order chi connectivity index (χ0) is 9.54. The second kappa shape index (κ2) is 2.61. The summed E-state index contributed by atoms with van der Waals surface area (Å²) in [5.41, 5.74) is 10.3. The van der Waals surface area contributed by atoms with Crippen LogP contribution in [-0.2, 0) is 6.42 Å². The van der Waals surface area contributed by atoms with E-state index in [0.717, 1.165) is 29.6 Å². The Labute approximate surface area is 81.9 Å². The number of nitrogen functional groups attached to an aromatic ring is 1. The maximum Gasteiger partial charge on any atom is 0.0726 e. The van der Waals surface area contributed by atoms with Gasteiger partial charge in [-0.15, -0.1) is 0 Å². The van der Waals surface area contributed by atoms with Crippen molar-refractivity contribution in [1.29, 1.82) is 0 Å². The molecule has 0 saturated heterocycles. The summed E-state index contributed by atoms with van der Waals surface area (Å²) in [6.45, 7) is 1.00. The highest BCUT2D eigenvalue weighted by Gasteiger charge is 2.14. The van der Waals surface area contributed by atoms with Crippen LogP contribution in [0.5, 0.6) is 0 Å². The lowest BCUT2D eigenvalue weighted by molar-refractivity contribution is 1.11. The summed E-state index contributed by atoms with van der Waals surface area (Å²) in [5.74, 6) is 0. The SMILES string of the molecule is Nc1ccnc2ccc3c(c12)CCN3. The van der Waals surface area contributed by atoms with E-state index >= 15 is 0 Å². The van der Waals surface area contributed by atoms with Crippen LogP contribution in [0, 0.1) is 0 Å². The number of hydrogen-bond acceptors (Lipinski definition) is 3. The van der Waals surface area contributed by atoms with Crippen molar-refractivity contribution in [2.75, 3.05) is 17.6 Å². The van der Waals surface area contributed by atoms with E-state index in [2.05, 4.69) is 16.4 Å². The molecule has 2 aromatic rings. The third-order valence-corrected chi connectivity index (χ3v) is 2.74. The zero-order valence-corrected chi connectivity index (χ0v) is 7.75. The number of fused-ring (bicyclic) bond motifs is 3. The first-order valence-electron chi connectivity index (χ1n) is 4.76.